The van der Waals surface area contributed by atoms with Crippen molar-refractivity contribution >= 4 is 11.5 Å². The first-order valence-corrected chi connectivity index (χ1v) is 6.92. The third-order valence-electron chi connectivity index (χ3n) is 3.63. The SMILES string of the molecule is CC(=O)c1cccc(F)c1N1CCOc2ccccc2C1. The third-order valence-corrected chi connectivity index (χ3v) is 3.63. The second kappa shape index (κ2) is 5.56. The Morgan fingerprint density at radius 1 is 1.19 bits per heavy atom. The smallest absolute Gasteiger partial charge is 0.161 e. The van der Waals surface area contributed by atoms with Gasteiger partial charge in [-0.25, -0.2) is 4.39 Å². The Hall–Kier alpha value is -2.36. The van der Waals surface area contributed by atoms with Crippen molar-refractivity contribution in [3.63, 3.8) is 0 Å². The second-order valence-electron chi connectivity index (χ2n) is 5.07. The number of para-hydroxylation sites is 2. The van der Waals surface area contributed by atoms with Crippen molar-refractivity contribution in [2.45, 2.75) is 13.5 Å². The number of carbonyl (C=O) groups excluding carboxylic acids is 1. The number of fused-ring (bicyclic) bond motifs is 1. The van der Waals surface area contributed by atoms with Gasteiger partial charge in [-0.1, -0.05) is 24.3 Å². The maximum atomic E-state index is 14.3. The highest BCUT2D eigenvalue weighted by Crippen LogP contribution is 2.30. The molecule has 4 heteroatoms. The highest BCUT2D eigenvalue weighted by atomic mass is 19.1. The van der Waals surface area contributed by atoms with Gasteiger partial charge >= 0.3 is 0 Å². The molecule has 0 N–H and O–H groups in total. The number of benzene rings is 2. The van der Waals surface area contributed by atoms with Crippen LogP contribution in [0.15, 0.2) is 42.5 Å². The van der Waals surface area contributed by atoms with Gasteiger partial charge in [-0.3, -0.25) is 4.79 Å². The molecule has 1 aliphatic rings. The normalized spacial score (nSPS) is 14.1. The molecule has 0 amide bonds. The standard InChI is InChI=1S/C17H16FNO2/c1-12(20)14-6-4-7-15(18)17(14)19-9-10-21-16-8-3-2-5-13(16)11-19/h2-8H,9-11H2,1H3. The van der Waals surface area contributed by atoms with Crippen LogP contribution in [0, 0.1) is 5.82 Å². The molecular weight excluding hydrogens is 269 g/mol. The van der Waals surface area contributed by atoms with E-state index in [9.17, 15) is 9.18 Å². The average molecular weight is 285 g/mol. The molecule has 0 spiro atoms. The molecule has 0 aliphatic carbocycles. The zero-order valence-electron chi connectivity index (χ0n) is 11.8. The van der Waals surface area contributed by atoms with Crippen molar-refractivity contribution in [3.8, 4) is 5.75 Å². The Balaban J connectivity index is 2.04. The van der Waals surface area contributed by atoms with Crippen LogP contribution in [0.4, 0.5) is 10.1 Å². The molecule has 0 radical (unpaired) electrons. The lowest BCUT2D eigenvalue weighted by Crippen LogP contribution is -2.27. The fourth-order valence-electron chi connectivity index (χ4n) is 2.64. The molecule has 1 aliphatic heterocycles. The van der Waals surface area contributed by atoms with Gasteiger partial charge in [-0.15, -0.1) is 0 Å². The number of anilines is 1. The predicted octanol–water partition coefficient (Wildman–Crippen LogP) is 3.43. The van der Waals surface area contributed by atoms with Crippen LogP contribution in [0.5, 0.6) is 5.75 Å². The third kappa shape index (κ3) is 2.61. The van der Waals surface area contributed by atoms with E-state index in [4.69, 9.17) is 4.74 Å². The molecule has 0 saturated heterocycles. The van der Waals surface area contributed by atoms with Crippen molar-refractivity contribution in [3.05, 3.63) is 59.4 Å². The van der Waals surface area contributed by atoms with E-state index in [2.05, 4.69) is 0 Å². The lowest BCUT2D eigenvalue weighted by molar-refractivity contribution is 0.101. The highest BCUT2D eigenvalue weighted by molar-refractivity contribution is 5.99. The molecule has 0 unspecified atom stereocenters. The summed E-state index contributed by atoms with van der Waals surface area (Å²) in [5.41, 5.74) is 1.77. The minimum absolute atomic E-state index is 0.136. The van der Waals surface area contributed by atoms with Gasteiger partial charge in [0.15, 0.2) is 5.78 Å². The molecule has 0 fully saturated rings. The average Bonchev–Trinajstić information content (AvgIpc) is 2.68. The lowest BCUT2D eigenvalue weighted by atomic mass is 10.1. The highest BCUT2D eigenvalue weighted by Gasteiger charge is 2.22. The molecule has 0 atom stereocenters. The molecule has 0 saturated carbocycles. The number of nitrogens with zero attached hydrogens (tertiary/aromatic N) is 1. The van der Waals surface area contributed by atoms with E-state index in [0.29, 0.717) is 30.9 Å². The first kappa shape index (κ1) is 13.6. The number of Topliss-reactive ketones (excluding diaryl/α,β-unsaturated/α-hetero) is 1. The minimum atomic E-state index is -0.373. The Morgan fingerprint density at radius 3 is 2.81 bits per heavy atom. The van der Waals surface area contributed by atoms with E-state index in [1.807, 2.05) is 29.2 Å². The van der Waals surface area contributed by atoms with E-state index in [1.54, 1.807) is 12.1 Å². The molecule has 0 bridgehead atoms. The summed E-state index contributed by atoms with van der Waals surface area (Å²) in [5.74, 6) is 0.311. The van der Waals surface area contributed by atoms with Crippen LogP contribution in [0.3, 0.4) is 0 Å². The molecule has 21 heavy (non-hydrogen) atoms. The van der Waals surface area contributed by atoms with E-state index in [1.165, 1.54) is 13.0 Å². The Kier molecular flexibility index (Phi) is 3.60. The fourth-order valence-corrected chi connectivity index (χ4v) is 2.64. The van der Waals surface area contributed by atoms with E-state index in [-0.39, 0.29) is 11.6 Å². The minimum Gasteiger partial charge on any atom is -0.491 e. The Morgan fingerprint density at radius 2 is 2.00 bits per heavy atom. The van der Waals surface area contributed by atoms with Gasteiger partial charge in [-0.2, -0.15) is 0 Å². The molecule has 1 heterocycles. The Bertz CT molecular complexity index is 684. The summed E-state index contributed by atoms with van der Waals surface area (Å²) in [6.07, 6.45) is 0. The fraction of sp³-hybridized carbons (Fsp3) is 0.235. The van der Waals surface area contributed by atoms with Crippen molar-refractivity contribution in [2.24, 2.45) is 0 Å². The van der Waals surface area contributed by atoms with Gasteiger partial charge < -0.3 is 9.64 Å². The van der Waals surface area contributed by atoms with E-state index < -0.39 is 0 Å². The lowest BCUT2D eigenvalue weighted by Gasteiger charge is -2.24. The molecule has 0 aromatic heterocycles. The summed E-state index contributed by atoms with van der Waals surface area (Å²) < 4.78 is 20.0. The van der Waals surface area contributed by atoms with Crippen LogP contribution in [-0.4, -0.2) is 18.9 Å². The summed E-state index contributed by atoms with van der Waals surface area (Å²) >= 11 is 0. The maximum Gasteiger partial charge on any atom is 0.161 e. The zero-order chi connectivity index (χ0) is 14.8. The van der Waals surface area contributed by atoms with Crippen LogP contribution in [0.2, 0.25) is 0 Å². The zero-order valence-corrected chi connectivity index (χ0v) is 11.8. The summed E-state index contributed by atoms with van der Waals surface area (Å²) in [6.45, 7) is 2.98. The van der Waals surface area contributed by atoms with Crippen LogP contribution in [-0.2, 0) is 6.54 Å². The number of halogens is 1. The van der Waals surface area contributed by atoms with E-state index >= 15 is 0 Å². The summed E-state index contributed by atoms with van der Waals surface area (Å²) in [5, 5.41) is 0. The first-order chi connectivity index (χ1) is 10.2. The van der Waals surface area contributed by atoms with Crippen LogP contribution in [0.25, 0.3) is 0 Å². The van der Waals surface area contributed by atoms with Crippen molar-refractivity contribution in [1.29, 1.82) is 0 Å². The number of ether oxygens (including phenoxy) is 1. The van der Waals surface area contributed by atoms with E-state index in [0.717, 1.165) is 11.3 Å². The van der Waals surface area contributed by atoms with Gasteiger partial charge in [0.05, 0.1) is 12.2 Å². The van der Waals surface area contributed by atoms with Crippen molar-refractivity contribution in [2.75, 3.05) is 18.1 Å². The monoisotopic (exact) mass is 285 g/mol. The van der Waals surface area contributed by atoms with Gasteiger partial charge in [0.25, 0.3) is 0 Å². The molecule has 108 valence electrons. The van der Waals surface area contributed by atoms with Gasteiger partial charge in [-0.05, 0) is 25.1 Å². The van der Waals surface area contributed by atoms with Gasteiger partial charge in [0.1, 0.15) is 18.2 Å². The van der Waals surface area contributed by atoms with Crippen molar-refractivity contribution < 1.29 is 13.9 Å². The predicted molar refractivity (Wildman–Crippen MR) is 79.4 cm³/mol. The number of rotatable bonds is 2. The molecule has 2 aromatic rings. The number of hydrogen-bond acceptors (Lipinski definition) is 3. The molecule has 3 nitrogen and oxygen atoms in total. The number of ketones is 1. The van der Waals surface area contributed by atoms with Gasteiger partial charge in [0, 0.05) is 17.7 Å². The summed E-state index contributed by atoms with van der Waals surface area (Å²) in [6, 6.07) is 12.3. The number of carbonyl (C=O) groups is 1. The largest absolute Gasteiger partial charge is 0.491 e. The molecular formula is C17H16FNO2. The van der Waals surface area contributed by atoms with Gasteiger partial charge in [0.2, 0.25) is 0 Å². The maximum absolute atomic E-state index is 14.3. The Labute approximate surface area is 123 Å². The number of hydrogen-bond donors (Lipinski definition) is 0. The molecule has 2 aromatic carbocycles. The van der Waals surface area contributed by atoms with Crippen LogP contribution < -0.4 is 9.64 Å². The van der Waals surface area contributed by atoms with Crippen LogP contribution >= 0.6 is 0 Å². The summed E-state index contributed by atoms with van der Waals surface area (Å²) in [7, 11) is 0. The molecule has 3 rings (SSSR count). The topological polar surface area (TPSA) is 29.5 Å². The quantitative estimate of drug-likeness (QED) is 0.792. The second-order valence-corrected chi connectivity index (χ2v) is 5.07. The van der Waals surface area contributed by atoms with Crippen molar-refractivity contribution in [1.82, 2.24) is 0 Å². The first-order valence-electron chi connectivity index (χ1n) is 6.92. The summed E-state index contributed by atoms with van der Waals surface area (Å²) in [4.78, 5) is 13.6. The van der Waals surface area contributed by atoms with Crippen LogP contribution in [0.1, 0.15) is 22.8 Å².